The molecule has 0 saturated carbocycles. The van der Waals surface area contributed by atoms with Gasteiger partial charge in [0.05, 0.1) is 0 Å². The highest BCUT2D eigenvalue weighted by Gasteiger charge is 2.46. The second kappa shape index (κ2) is 5.28. The van der Waals surface area contributed by atoms with Crippen molar-refractivity contribution in [2.45, 2.75) is 19.2 Å². The smallest absolute Gasteiger partial charge is 0.432 e. The van der Waals surface area contributed by atoms with Gasteiger partial charge in [-0.3, -0.25) is 0 Å². The molecule has 2 aromatic rings. The Kier molecular flexibility index (Phi) is 3.85. The second-order valence-electron chi connectivity index (χ2n) is 4.16. The summed E-state index contributed by atoms with van der Waals surface area (Å²) >= 11 is 0.813. The molecule has 1 atom stereocenters. The molecule has 0 amide bonds. The summed E-state index contributed by atoms with van der Waals surface area (Å²) in [6.07, 6.45) is -5.50. The van der Waals surface area contributed by atoms with Crippen molar-refractivity contribution in [1.82, 2.24) is 9.55 Å². The molecule has 0 saturated heterocycles. The Morgan fingerprint density at radius 3 is 2.65 bits per heavy atom. The van der Waals surface area contributed by atoms with Crippen LogP contribution in [0.4, 0.5) is 13.2 Å². The molecule has 8 heteroatoms. The van der Waals surface area contributed by atoms with Crippen molar-refractivity contribution in [2.75, 3.05) is 0 Å². The van der Waals surface area contributed by atoms with Crippen LogP contribution in [0.3, 0.4) is 0 Å². The third kappa shape index (κ3) is 3.01. The maximum absolute atomic E-state index is 13.0. The average molecular weight is 304 g/mol. The number of ether oxygens (including phenoxy) is 1. The first-order valence-corrected chi connectivity index (χ1v) is 6.48. The van der Waals surface area contributed by atoms with Crippen LogP contribution in [0.25, 0.3) is 0 Å². The SMILES string of the molecule is Cc1csc([C@@H](OC(=O)c2cccn2C)C(F)(F)F)n1. The normalized spacial score (nSPS) is 13.2. The molecule has 2 aromatic heterocycles. The lowest BCUT2D eigenvalue weighted by Crippen LogP contribution is -2.27. The Balaban J connectivity index is 2.26. The molecule has 0 N–H and O–H groups in total. The van der Waals surface area contributed by atoms with Gasteiger partial charge in [-0.15, -0.1) is 11.3 Å². The van der Waals surface area contributed by atoms with Crippen LogP contribution < -0.4 is 0 Å². The van der Waals surface area contributed by atoms with Crippen LogP contribution in [0.15, 0.2) is 23.7 Å². The van der Waals surface area contributed by atoms with E-state index in [1.54, 1.807) is 26.2 Å². The Morgan fingerprint density at radius 2 is 2.20 bits per heavy atom. The van der Waals surface area contributed by atoms with E-state index in [0.717, 1.165) is 11.3 Å². The van der Waals surface area contributed by atoms with Gasteiger partial charge in [-0.2, -0.15) is 13.2 Å². The number of hydrogen-bond acceptors (Lipinski definition) is 4. The molecule has 20 heavy (non-hydrogen) atoms. The van der Waals surface area contributed by atoms with Gasteiger partial charge >= 0.3 is 12.1 Å². The Morgan fingerprint density at radius 1 is 1.50 bits per heavy atom. The van der Waals surface area contributed by atoms with Crippen LogP contribution in [0, 0.1) is 6.92 Å². The zero-order valence-electron chi connectivity index (χ0n) is 10.6. The number of carbonyl (C=O) groups excluding carboxylic acids is 1. The number of hydrogen-bond donors (Lipinski definition) is 0. The van der Waals surface area contributed by atoms with E-state index in [4.69, 9.17) is 0 Å². The minimum Gasteiger partial charge on any atom is -0.440 e. The van der Waals surface area contributed by atoms with E-state index >= 15 is 0 Å². The van der Waals surface area contributed by atoms with Crippen molar-refractivity contribution in [2.24, 2.45) is 7.05 Å². The molecule has 0 fully saturated rings. The van der Waals surface area contributed by atoms with Gasteiger partial charge < -0.3 is 9.30 Å². The number of halogens is 3. The van der Waals surface area contributed by atoms with Gasteiger partial charge in [-0.05, 0) is 19.1 Å². The van der Waals surface area contributed by atoms with Crippen LogP contribution in [-0.4, -0.2) is 21.7 Å². The fourth-order valence-corrected chi connectivity index (χ4v) is 2.44. The van der Waals surface area contributed by atoms with E-state index in [1.807, 2.05) is 0 Å². The first kappa shape index (κ1) is 14.6. The molecule has 0 spiro atoms. The predicted molar refractivity (Wildman–Crippen MR) is 66.5 cm³/mol. The topological polar surface area (TPSA) is 44.1 Å². The molecule has 108 valence electrons. The molecule has 0 bridgehead atoms. The van der Waals surface area contributed by atoms with Gasteiger partial charge in [0, 0.05) is 24.3 Å². The summed E-state index contributed by atoms with van der Waals surface area (Å²) in [6, 6.07) is 2.94. The summed E-state index contributed by atoms with van der Waals surface area (Å²) in [5.74, 6) is -1.03. The van der Waals surface area contributed by atoms with Crippen molar-refractivity contribution >= 4 is 17.3 Å². The molecule has 2 heterocycles. The van der Waals surface area contributed by atoms with Gasteiger partial charge in [0.15, 0.2) is 0 Å². The Hall–Kier alpha value is -1.83. The Bertz CT molecular complexity index is 618. The molecule has 4 nitrogen and oxygen atoms in total. The largest absolute Gasteiger partial charge is 0.440 e. The summed E-state index contributed by atoms with van der Waals surface area (Å²) < 4.78 is 45.0. The van der Waals surface area contributed by atoms with Crippen molar-refractivity contribution in [1.29, 1.82) is 0 Å². The Labute approximate surface area is 116 Å². The highest BCUT2D eigenvalue weighted by Crippen LogP contribution is 2.37. The number of rotatable bonds is 3. The number of aryl methyl sites for hydroxylation is 2. The van der Waals surface area contributed by atoms with E-state index < -0.39 is 18.2 Å². The number of thiazole rings is 1. The summed E-state index contributed by atoms with van der Waals surface area (Å²) in [6.45, 7) is 1.58. The highest BCUT2D eigenvalue weighted by molar-refractivity contribution is 7.09. The monoisotopic (exact) mass is 304 g/mol. The predicted octanol–water partition coefficient (Wildman–Crippen LogP) is 3.25. The van der Waals surface area contributed by atoms with Gasteiger partial charge in [0.25, 0.3) is 0 Å². The number of alkyl halides is 3. The summed E-state index contributed by atoms with van der Waals surface area (Å²) in [7, 11) is 1.55. The van der Waals surface area contributed by atoms with E-state index in [0.29, 0.717) is 5.69 Å². The molecular formula is C12H11F3N2O2S. The number of esters is 1. The molecule has 0 aromatic carbocycles. The summed E-state index contributed by atoms with van der Waals surface area (Å²) in [4.78, 5) is 15.5. The van der Waals surface area contributed by atoms with Crippen LogP contribution in [-0.2, 0) is 11.8 Å². The van der Waals surface area contributed by atoms with Crippen LogP contribution >= 0.6 is 11.3 Å². The summed E-state index contributed by atoms with van der Waals surface area (Å²) in [5, 5.41) is 1.20. The number of nitrogens with zero attached hydrogens (tertiary/aromatic N) is 2. The third-order valence-corrected chi connectivity index (χ3v) is 3.54. The zero-order valence-corrected chi connectivity index (χ0v) is 11.5. The van der Waals surface area contributed by atoms with E-state index in [2.05, 4.69) is 9.72 Å². The maximum Gasteiger partial charge on any atom is 0.432 e. The minimum absolute atomic E-state index is 0.0486. The van der Waals surface area contributed by atoms with Gasteiger partial charge in [-0.25, -0.2) is 9.78 Å². The fourth-order valence-electron chi connectivity index (χ4n) is 1.59. The van der Waals surface area contributed by atoms with Crippen LogP contribution in [0.2, 0.25) is 0 Å². The molecule has 0 unspecified atom stereocenters. The van der Waals surface area contributed by atoms with Gasteiger partial charge in [0.1, 0.15) is 10.7 Å². The van der Waals surface area contributed by atoms with Crippen molar-refractivity contribution in [3.8, 4) is 0 Å². The molecule has 0 aliphatic carbocycles. The molecule has 2 rings (SSSR count). The van der Waals surface area contributed by atoms with Crippen molar-refractivity contribution < 1.29 is 22.7 Å². The van der Waals surface area contributed by atoms with E-state index in [9.17, 15) is 18.0 Å². The van der Waals surface area contributed by atoms with Crippen LogP contribution in [0.1, 0.15) is 27.3 Å². The molecular weight excluding hydrogens is 293 g/mol. The third-order valence-electron chi connectivity index (χ3n) is 2.54. The van der Waals surface area contributed by atoms with Gasteiger partial charge in [-0.1, -0.05) is 0 Å². The average Bonchev–Trinajstić information content (AvgIpc) is 2.93. The lowest BCUT2D eigenvalue weighted by Gasteiger charge is -2.18. The zero-order chi connectivity index (χ0) is 14.9. The summed E-state index contributed by atoms with van der Waals surface area (Å²) in [5.41, 5.74) is 0.502. The van der Waals surface area contributed by atoms with Gasteiger partial charge in [0.2, 0.25) is 6.10 Å². The standard InChI is InChI=1S/C12H11F3N2O2S/c1-7-6-20-10(16-7)9(12(13,14)15)19-11(18)8-4-3-5-17(8)2/h3-6,9H,1-2H3/t9-/m1/s1. The fraction of sp³-hybridized carbons (Fsp3) is 0.333. The molecule has 0 aliphatic rings. The van der Waals surface area contributed by atoms with Crippen molar-refractivity contribution in [3.63, 3.8) is 0 Å². The number of carbonyl (C=O) groups is 1. The maximum atomic E-state index is 13.0. The quantitative estimate of drug-likeness (QED) is 0.818. The minimum atomic E-state index is -4.70. The number of aromatic nitrogens is 2. The molecule has 0 aliphatic heterocycles. The van der Waals surface area contributed by atoms with E-state index in [-0.39, 0.29) is 10.7 Å². The molecule has 0 radical (unpaired) electrons. The van der Waals surface area contributed by atoms with Crippen molar-refractivity contribution in [3.05, 3.63) is 40.1 Å². The second-order valence-corrected chi connectivity index (χ2v) is 5.05. The van der Waals surface area contributed by atoms with Crippen LogP contribution in [0.5, 0.6) is 0 Å². The lowest BCUT2D eigenvalue weighted by atomic mass is 10.3. The lowest BCUT2D eigenvalue weighted by molar-refractivity contribution is -0.207. The van der Waals surface area contributed by atoms with E-state index in [1.165, 1.54) is 16.0 Å². The first-order valence-electron chi connectivity index (χ1n) is 5.60. The highest BCUT2D eigenvalue weighted by atomic mass is 32.1. The first-order chi connectivity index (χ1) is 9.29.